The summed E-state index contributed by atoms with van der Waals surface area (Å²) in [6.45, 7) is 7.15. The number of fused-ring (bicyclic) bond motifs is 2. The highest BCUT2D eigenvalue weighted by Crippen LogP contribution is 2.56. The van der Waals surface area contributed by atoms with E-state index < -0.39 is 18.2 Å². The highest BCUT2D eigenvalue weighted by atomic mass is 32.2. The van der Waals surface area contributed by atoms with Gasteiger partial charge in [-0.05, 0) is 36.6 Å². The van der Waals surface area contributed by atoms with Crippen molar-refractivity contribution < 1.29 is 12.6 Å². The van der Waals surface area contributed by atoms with Gasteiger partial charge in [0.05, 0.1) is 12.4 Å². The molecule has 2 bridgehead atoms. The molecule has 16 heavy (non-hydrogen) atoms. The summed E-state index contributed by atoms with van der Waals surface area (Å²) in [7, 11) is -4.45. The highest BCUT2D eigenvalue weighted by molar-refractivity contribution is 7.86. The Balaban J connectivity index is 2.10. The Hall–Kier alpha value is 0.127. The van der Waals surface area contributed by atoms with E-state index in [0.717, 1.165) is 12.0 Å². The first-order valence-electron chi connectivity index (χ1n) is 6.05. The molecule has 0 aromatic rings. The molecule has 0 heterocycles. The standard InChI is InChI=1S/C11H22O3SSi/c1-15(12,13)14-10-6-8-5-9(10)11(7-8)16(2,3)4/h8-11H,5-7H2,1-4H3/t8-,9+,10-,11+/m1/s1. The molecule has 2 aliphatic carbocycles. The van der Waals surface area contributed by atoms with Crippen LogP contribution >= 0.6 is 0 Å². The minimum atomic E-state index is -3.28. The maximum Gasteiger partial charge on any atom is 0.264 e. The Bertz CT molecular complexity index is 371. The first-order valence-corrected chi connectivity index (χ1v) is 11.4. The third kappa shape index (κ3) is 2.51. The highest BCUT2D eigenvalue weighted by Gasteiger charge is 2.51. The summed E-state index contributed by atoms with van der Waals surface area (Å²) >= 11 is 0. The van der Waals surface area contributed by atoms with Crippen molar-refractivity contribution in [2.75, 3.05) is 6.26 Å². The molecule has 0 aromatic heterocycles. The Morgan fingerprint density at radius 1 is 1.12 bits per heavy atom. The molecule has 0 aliphatic heterocycles. The first-order chi connectivity index (χ1) is 7.17. The van der Waals surface area contributed by atoms with Crippen molar-refractivity contribution in [3.05, 3.63) is 0 Å². The van der Waals surface area contributed by atoms with Crippen molar-refractivity contribution >= 4 is 18.2 Å². The van der Waals surface area contributed by atoms with Crippen molar-refractivity contribution in [2.24, 2.45) is 11.8 Å². The molecule has 0 amide bonds. The maximum absolute atomic E-state index is 11.2. The average molecular weight is 262 g/mol. The maximum atomic E-state index is 11.2. The fourth-order valence-corrected chi connectivity index (χ4v) is 6.96. The van der Waals surface area contributed by atoms with Crippen LogP contribution in [-0.2, 0) is 14.3 Å². The summed E-state index contributed by atoms with van der Waals surface area (Å²) in [4.78, 5) is 0. The summed E-state index contributed by atoms with van der Waals surface area (Å²) in [5.74, 6) is 1.22. The minimum absolute atomic E-state index is 0.0227. The second-order valence-electron chi connectivity index (χ2n) is 6.55. The minimum Gasteiger partial charge on any atom is -0.267 e. The van der Waals surface area contributed by atoms with Crippen molar-refractivity contribution in [1.82, 2.24) is 0 Å². The lowest BCUT2D eigenvalue weighted by Gasteiger charge is -2.36. The van der Waals surface area contributed by atoms with E-state index in [0.29, 0.717) is 11.8 Å². The largest absolute Gasteiger partial charge is 0.267 e. The van der Waals surface area contributed by atoms with Gasteiger partial charge in [0.1, 0.15) is 0 Å². The smallest absolute Gasteiger partial charge is 0.264 e. The van der Waals surface area contributed by atoms with Crippen LogP contribution in [0.3, 0.4) is 0 Å². The summed E-state index contributed by atoms with van der Waals surface area (Å²) in [5.41, 5.74) is 0.748. The van der Waals surface area contributed by atoms with Gasteiger partial charge in [0, 0.05) is 8.07 Å². The summed E-state index contributed by atoms with van der Waals surface area (Å²) in [6, 6.07) is 0. The molecule has 2 rings (SSSR count). The van der Waals surface area contributed by atoms with Crippen LogP contribution in [0.4, 0.5) is 0 Å². The van der Waals surface area contributed by atoms with Crippen LogP contribution in [0.5, 0.6) is 0 Å². The van der Waals surface area contributed by atoms with Crippen molar-refractivity contribution in [1.29, 1.82) is 0 Å². The van der Waals surface area contributed by atoms with Crippen LogP contribution in [0.1, 0.15) is 19.3 Å². The zero-order valence-corrected chi connectivity index (χ0v) is 12.4. The fraction of sp³-hybridized carbons (Fsp3) is 1.00. The van der Waals surface area contributed by atoms with E-state index in [-0.39, 0.29) is 6.10 Å². The molecule has 0 N–H and O–H groups in total. The molecule has 0 unspecified atom stereocenters. The predicted molar refractivity (Wildman–Crippen MR) is 67.6 cm³/mol. The van der Waals surface area contributed by atoms with Gasteiger partial charge >= 0.3 is 0 Å². The number of rotatable bonds is 3. The molecule has 3 nitrogen and oxygen atoms in total. The van der Waals surface area contributed by atoms with Crippen LogP contribution in [0.15, 0.2) is 0 Å². The van der Waals surface area contributed by atoms with Crippen molar-refractivity contribution in [3.63, 3.8) is 0 Å². The first kappa shape index (κ1) is 12.6. The lowest BCUT2D eigenvalue weighted by Crippen LogP contribution is -2.38. The van der Waals surface area contributed by atoms with Gasteiger partial charge in [-0.2, -0.15) is 8.42 Å². The molecular formula is C11H22O3SSi. The van der Waals surface area contributed by atoms with E-state index in [9.17, 15) is 8.42 Å². The molecular weight excluding hydrogens is 240 g/mol. The van der Waals surface area contributed by atoms with Gasteiger partial charge in [0.25, 0.3) is 10.1 Å². The molecule has 94 valence electrons. The van der Waals surface area contributed by atoms with Crippen LogP contribution in [0.25, 0.3) is 0 Å². The van der Waals surface area contributed by atoms with Gasteiger partial charge in [-0.1, -0.05) is 19.6 Å². The third-order valence-corrected chi connectivity index (χ3v) is 7.65. The summed E-state index contributed by atoms with van der Waals surface area (Å²) in [6.07, 6.45) is 4.60. The SMILES string of the molecule is C[Si](C)(C)[C@H]1C[C@@H]2C[C@H]1[C@H](OS(C)(=O)=O)C2. The zero-order valence-electron chi connectivity index (χ0n) is 10.6. The summed E-state index contributed by atoms with van der Waals surface area (Å²) < 4.78 is 27.7. The predicted octanol–water partition coefficient (Wildman–Crippen LogP) is 2.47. The van der Waals surface area contributed by atoms with Gasteiger partial charge in [0.2, 0.25) is 0 Å². The lowest BCUT2D eigenvalue weighted by atomic mass is 9.97. The molecule has 0 radical (unpaired) electrons. The van der Waals surface area contributed by atoms with Crippen molar-refractivity contribution in [2.45, 2.75) is 50.5 Å². The Morgan fingerprint density at radius 3 is 2.19 bits per heavy atom. The van der Waals surface area contributed by atoms with E-state index in [4.69, 9.17) is 4.18 Å². The van der Waals surface area contributed by atoms with Crippen LogP contribution < -0.4 is 0 Å². The monoisotopic (exact) mass is 262 g/mol. The molecule has 2 fully saturated rings. The van der Waals surface area contributed by atoms with Gasteiger partial charge in [0.15, 0.2) is 0 Å². The second-order valence-corrected chi connectivity index (χ2v) is 13.6. The molecule has 0 saturated heterocycles. The van der Waals surface area contributed by atoms with Gasteiger partial charge in [-0.15, -0.1) is 0 Å². The normalized spacial score (nSPS) is 39.2. The van der Waals surface area contributed by atoms with Crippen LogP contribution in [0.2, 0.25) is 25.2 Å². The number of hydrogen-bond donors (Lipinski definition) is 0. The fourth-order valence-electron chi connectivity index (χ4n) is 3.62. The van der Waals surface area contributed by atoms with Crippen LogP contribution in [0, 0.1) is 11.8 Å². The van der Waals surface area contributed by atoms with E-state index in [1.54, 1.807) is 0 Å². The van der Waals surface area contributed by atoms with Gasteiger partial charge < -0.3 is 0 Å². The second kappa shape index (κ2) is 3.82. The lowest BCUT2D eigenvalue weighted by molar-refractivity contribution is 0.145. The number of hydrogen-bond acceptors (Lipinski definition) is 3. The topological polar surface area (TPSA) is 43.4 Å². The average Bonchev–Trinajstić information content (AvgIpc) is 2.56. The molecule has 2 aliphatic rings. The Morgan fingerprint density at radius 2 is 1.75 bits per heavy atom. The van der Waals surface area contributed by atoms with Gasteiger partial charge in [-0.25, -0.2) is 0 Å². The quantitative estimate of drug-likeness (QED) is 0.580. The molecule has 0 spiro atoms. The van der Waals surface area contributed by atoms with E-state index in [1.165, 1.54) is 19.1 Å². The molecule has 0 aromatic carbocycles. The Kier molecular flexibility index (Phi) is 3.00. The molecule has 5 heteroatoms. The van der Waals surface area contributed by atoms with Crippen molar-refractivity contribution in [3.8, 4) is 0 Å². The zero-order chi connectivity index (χ0) is 12.1. The Labute approximate surface area is 99.7 Å². The molecule has 2 saturated carbocycles. The van der Waals surface area contributed by atoms with E-state index in [1.807, 2.05) is 0 Å². The van der Waals surface area contributed by atoms with E-state index in [2.05, 4.69) is 19.6 Å². The van der Waals surface area contributed by atoms with Gasteiger partial charge in [-0.3, -0.25) is 4.18 Å². The molecule has 4 atom stereocenters. The van der Waals surface area contributed by atoms with E-state index >= 15 is 0 Å². The van der Waals surface area contributed by atoms with Crippen LogP contribution in [-0.4, -0.2) is 28.9 Å². The summed E-state index contributed by atoms with van der Waals surface area (Å²) in [5, 5.41) is 0. The third-order valence-electron chi connectivity index (χ3n) is 4.16.